The van der Waals surface area contributed by atoms with Crippen molar-refractivity contribution in [2.75, 3.05) is 34.9 Å². The Kier molecular flexibility index (Phi) is 7.58. The second kappa shape index (κ2) is 10.8. The normalized spacial score (nSPS) is 17.8. The highest BCUT2D eigenvalue weighted by molar-refractivity contribution is 6.03. The van der Waals surface area contributed by atoms with Crippen LogP contribution in [0, 0.1) is 5.92 Å². The number of hydrogen-bond donors (Lipinski definition) is 0. The van der Waals surface area contributed by atoms with E-state index in [1.54, 1.807) is 33.3 Å². The van der Waals surface area contributed by atoms with E-state index in [4.69, 9.17) is 19.3 Å². The summed E-state index contributed by atoms with van der Waals surface area (Å²) in [5.74, 6) is 1.87. The molecule has 1 aliphatic heterocycles. The predicted octanol–water partition coefficient (Wildman–Crippen LogP) is 4.04. The lowest BCUT2D eigenvalue weighted by atomic mass is 9.97. The number of hydrogen-bond acceptors (Lipinski definition) is 6. The third-order valence-electron chi connectivity index (χ3n) is 6.84. The Balaban J connectivity index is 1.64. The summed E-state index contributed by atoms with van der Waals surface area (Å²) < 4.78 is 16.3. The largest absolute Gasteiger partial charge is 0.497 e. The van der Waals surface area contributed by atoms with Gasteiger partial charge in [-0.15, -0.1) is 0 Å². The second-order valence-electron chi connectivity index (χ2n) is 9.02. The topological polar surface area (TPSA) is 80.7 Å². The molecule has 0 spiro atoms. The summed E-state index contributed by atoms with van der Waals surface area (Å²) in [5.41, 5.74) is 2.49. The van der Waals surface area contributed by atoms with Crippen molar-refractivity contribution >= 4 is 17.5 Å². The number of hydrazone groups is 1. The Bertz CT molecular complexity index is 1090. The van der Waals surface area contributed by atoms with E-state index in [2.05, 4.69) is 0 Å². The number of carbonyl (C=O) groups excluding carboxylic acids is 2. The minimum Gasteiger partial charge on any atom is -0.497 e. The first kappa shape index (κ1) is 24.6. The molecule has 2 amide bonds. The van der Waals surface area contributed by atoms with E-state index >= 15 is 0 Å². The molecule has 35 heavy (non-hydrogen) atoms. The van der Waals surface area contributed by atoms with E-state index in [1.807, 2.05) is 42.5 Å². The maximum absolute atomic E-state index is 13.5. The van der Waals surface area contributed by atoms with Gasteiger partial charge >= 0.3 is 0 Å². The molecule has 0 saturated heterocycles. The van der Waals surface area contributed by atoms with Crippen molar-refractivity contribution in [1.29, 1.82) is 0 Å². The molecule has 1 atom stereocenters. The molecule has 1 saturated carbocycles. The van der Waals surface area contributed by atoms with E-state index in [0.29, 0.717) is 17.9 Å². The molecular weight excluding hydrogens is 446 g/mol. The summed E-state index contributed by atoms with van der Waals surface area (Å²) in [6.45, 7) is -0.0302. The smallest absolute Gasteiger partial charge is 0.262 e. The molecule has 0 N–H and O–H groups in total. The van der Waals surface area contributed by atoms with Gasteiger partial charge in [-0.25, -0.2) is 5.01 Å². The van der Waals surface area contributed by atoms with Crippen LogP contribution in [0.1, 0.15) is 49.3 Å². The molecule has 0 unspecified atom stereocenters. The fourth-order valence-electron chi connectivity index (χ4n) is 4.88. The van der Waals surface area contributed by atoms with E-state index in [-0.39, 0.29) is 30.3 Å². The van der Waals surface area contributed by atoms with Gasteiger partial charge in [0, 0.05) is 24.9 Å². The lowest BCUT2D eigenvalue weighted by Crippen LogP contribution is -2.41. The molecule has 8 heteroatoms. The van der Waals surface area contributed by atoms with Crippen molar-refractivity contribution in [3.05, 3.63) is 53.6 Å². The standard InChI is InChI=1S/C27H33N3O5/c1-29(27(32)19-7-5-6-8-19)17-26(31)30-24(22-15-21(34-3)13-14-25(22)35-4)16-23(28-30)18-9-11-20(33-2)12-10-18/h9-15,19,24H,5-8,16-17H2,1-4H3/t24-/m1/s1. The Morgan fingerprint density at radius 1 is 0.971 bits per heavy atom. The van der Waals surface area contributed by atoms with Crippen molar-refractivity contribution < 1.29 is 23.8 Å². The predicted molar refractivity (Wildman–Crippen MR) is 133 cm³/mol. The van der Waals surface area contributed by atoms with Crippen LogP contribution in [0.25, 0.3) is 0 Å². The Morgan fingerprint density at radius 3 is 2.26 bits per heavy atom. The fourth-order valence-corrected chi connectivity index (χ4v) is 4.88. The fraction of sp³-hybridized carbons (Fsp3) is 0.444. The number of amides is 2. The van der Waals surface area contributed by atoms with Crippen LogP contribution in [0.4, 0.5) is 0 Å². The number of ether oxygens (including phenoxy) is 3. The lowest BCUT2D eigenvalue weighted by Gasteiger charge is -2.27. The SMILES string of the molecule is COc1ccc(C2=NN(C(=O)CN(C)C(=O)C3CCCC3)[C@@H](c3cc(OC)ccc3OC)C2)cc1. The molecule has 0 radical (unpaired) electrons. The summed E-state index contributed by atoms with van der Waals surface area (Å²) in [7, 11) is 6.53. The average molecular weight is 480 g/mol. The first-order valence-electron chi connectivity index (χ1n) is 12.0. The van der Waals surface area contributed by atoms with Crippen LogP contribution in [0.2, 0.25) is 0 Å². The van der Waals surface area contributed by atoms with Gasteiger partial charge in [0.05, 0.1) is 33.1 Å². The van der Waals surface area contributed by atoms with Gasteiger partial charge in [-0.1, -0.05) is 12.8 Å². The summed E-state index contributed by atoms with van der Waals surface area (Å²) in [4.78, 5) is 27.9. The van der Waals surface area contributed by atoms with Gasteiger partial charge in [0.15, 0.2) is 0 Å². The number of carbonyl (C=O) groups is 2. The minimum absolute atomic E-state index is 0.0130. The lowest BCUT2D eigenvalue weighted by molar-refractivity contribution is -0.142. The van der Waals surface area contributed by atoms with Crippen molar-refractivity contribution in [1.82, 2.24) is 9.91 Å². The van der Waals surface area contributed by atoms with Crippen LogP contribution in [-0.4, -0.2) is 62.4 Å². The molecule has 186 valence electrons. The van der Waals surface area contributed by atoms with Gasteiger partial charge in [0.2, 0.25) is 5.91 Å². The first-order valence-corrected chi connectivity index (χ1v) is 12.0. The molecule has 1 fully saturated rings. The molecule has 1 aliphatic carbocycles. The van der Waals surface area contributed by atoms with Gasteiger partial charge in [0.1, 0.15) is 23.8 Å². The maximum Gasteiger partial charge on any atom is 0.262 e. The quantitative estimate of drug-likeness (QED) is 0.571. The molecular formula is C27H33N3O5. The molecule has 2 aromatic carbocycles. The highest BCUT2D eigenvalue weighted by atomic mass is 16.5. The summed E-state index contributed by atoms with van der Waals surface area (Å²) >= 11 is 0. The van der Waals surface area contributed by atoms with Crippen molar-refractivity contribution in [3.8, 4) is 17.2 Å². The van der Waals surface area contributed by atoms with Gasteiger partial charge in [-0.05, 0) is 60.9 Å². The number of methoxy groups -OCH3 is 3. The summed E-state index contributed by atoms with van der Waals surface area (Å²) in [6, 6.07) is 12.8. The van der Waals surface area contributed by atoms with Crippen molar-refractivity contribution in [3.63, 3.8) is 0 Å². The Morgan fingerprint density at radius 2 is 1.63 bits per heavy atom. The zero-order chi connectivity index (χ0) is 24.9. The van der Waals surface area contributed by atoms with E-state index in [9.17, 15) is 9.59 Å². The maximum atomic E-state index is 13.5. The number of likely N-dealkylation sites (N-methyl/N-ethyl adjacent to an activating group) is 1. The third-order valence-corrected chi connectivity index (χ3v) is 6.84. The molecule has 0 aromatic heterocycles. The van der Waals surface area contributed by atoms with Gasteiger partial charge in [-0.2, -0.15) is 5.10 Å². The molecule has 2 aliphatic rings. The van der Waals surface area contributed by atoms with Crippen molar-refractivity contribution in [2.24, 2.45) is 11.0 Å². The minimum atomic E-state index is -0.389. The molecule has 2 aromatic rings. The molecule has 0 bridgehead atoms. The monoisotopic (exact) mass is 479 g/mol. The zero-order valence-corrected chi connectivity index (χ0v) is 20.8. The number of rotatable bonds is 8. The molecule has 4 rings (SSSR count). The highest BCUT2D eigenvalue weighted by Gasteiger charge is 2.36. The van der Waals surface area contributed by atoms with E-state index in [0.717, 1.165) is 48.3 Å². The van der Waals surface area contributed by atoms with Crippen LogP contribution in [0.3, 0.4) is 0 Å². The number of nitrogens with zero attached hydrogens (tertiary/aromatic N) is 3. The molecule has 8 nitrogen and oxygen atoms in total. The van der Waals surface area contributed by atoms with Crippen molar-refractivity contribution in [2.45, 2.75) is 38.1 Å². The number of benzene rings is 2. The summed E-state index contributed by atoms with van der Waals surface area (Å²) in [6.07, 6.45) is 4.42. The highest BCUT2D eigenvalue weighted by Crippen LogP contribution is 2.39. The summed E-state index contributed by atoms with van der Waals surface area (Å²) in [5, 5.41) is 6.23. The third kappa shape index (κ3) is 5.26. The second-order valence-corrected chi connectivity index (χ2v) is 9.02. The van der Waals surface area contributed by atoms with Crippen LogP contribution in [-0.2, 0) is 9.59 Å². The molecule has 1 heterocycles. The van der Waals surface area contributed by atoms with Crippen LogP contribution < -0.4 is 14.2 Å². The Hall–Kier alpha value is -3.55. The van der Waals surface area contributed by atoms with Gasteiger partial charge < -0.3 is 19.1 Å². The van der Waals surface area contributed by atoms with E-state index in [1.165, 1.54) is 5.01 Å². The van der Waals surface area contributed by atoms with Gasteiger partial charge in [-0.3, -0.25) is 9.59 Å². The van der Waals surface area contributed by atoms with E-state index < -0.39 is 0 Å². The van der Waals surface area contributed by atoms with Gasteiger partial charge in [0.25, 0.3) is 5.91 Å². The van der Waals surface area contributed by atoms with Crippen LogP contribution >= 0.6 is 0 Å². The average Bonchev–Trinajstić information content (AvgIpc) is 3.58. The zero-order valence-electron chi connectivity index (χ0n) is 20.8. The van der Waals surface area contributed by atoms with Crippen LogP contribution in [0.15, 0.2) is 47.6 Å². The Labute approximate surface area is 206 Å². The first-order chi connectivity index (χ1) is 16.9. The van der Waals surface area contributed by atoms with Crippen LogP contribution in [0.5, 0.6) is 17.2 Å².